The number of benzene rings is 2. The number of hydrogen-bond donors (Lipinski definition) is 1. The highest BCUT2D eigenvalue weighted by atomic mass is 35.5. The molecule has 0 radical (unpaired) electrons. The van der Waals surface area contributed by atoms with Crippen LogP contribution in [0.5, 0.6) is 0 Å². The summed E-state index contributed by atoms with van der Waals surface area (Å²) in [6.45, 7) is 0. The topological polar surface area (TPSA) is 52.9 Å². The van der Waals surface area contributed by atoms with Gasteiger partial charge in [0.05, 0.1) is 12.5 Å². The van der Waals surface area contributed by atoms with Crippen LogP contribution in [0.1, 0.15) is 17.2 Å². The molecule has 3 nitrogen and oxygen atoms in total. The molecule has 2 aromatic rings. The third kappa shape index (κ3) is 3.80. The molecular formula is C16H11ClF2N2O. The Bertz CT molecular complexity index is 706. The maximum atomic E-state index is 13.6. The van der Waals surface area contributed by atoms with Gasteiger partial charge in [-0.2, -0.15) is 5.26 Å². The summed E-state index contributed by atoms with van der Waals surface area (Å²) in [7, 11) is 0. The number of halogens is 3. The molecule has 22 heavy (non-hydrogen) atoms. The summed E-state index contributed by atoms with van der Waals surface area (Å²) in [6.07, 6.45) is -0.287. The molecule has 0 aliphatic rings. The van der Waals surface area contributed by atoms with Crippen LogP contribution in [0.25, 0.3) is 0 Å². The quantitative estimate of drug-likeness (QED) is 0.936. The zero-order valence-electron chi connectivity index (χ0n) is 11.3. The predicted molar refractivity (Wildman–Crippen MR) is 78.0 cm³/mol. The van der Waals surface area contributed by atoms with Crippen molar-refractivity contribution in [2.45, 2.75) is 12.5 Å². The molecule has 2 rings (SSSR count). The number of nitrogens with zero attached hydrogens (tertiary/aromatic N) is 1. The summed E-state index contributed by atoms with van der Waals surface area (Å²) in [5, 5.41) is 11.7. The van der Waals surface area contributed by atoms with Gasteiger partial charge in [-0.3, -0.25) is 4.79 Å². The van der Waals surface area contributed by atoms with E-state index in [4.69, 9.17) is 16.9 Å². The van der Waals surface area contributed by atoms with Crippen molar-refractivity contribution < 1.29 is 13.6 Å². The SMILES string of the molecule is N#C[C@@H](NC(=O)Cc1c(F)cccc1Cl)c1ccc(F)cc1. The summed E-state index contributed by atoms with van der Waals surface area (Å²) in [5.41, 5.74) is 0.509. The Kier molecular flexibility index (Phi) is 5.08. The number of nitriles is 1. The van der Waals surface area contributed by atoms with Gasteiger partial charge in [0.1, 0.15) is 17.7 Å². The third-order valence-corrected chi connectivity index (χ3v) is 3.39. The highest BCUT2D eigenvalue weighted by Gasteiger charge is 2.17. The van der Waals surface area contributed by atoms with Crippen molar-refractivity contribution in [2.75, 3.05) is 0 Å². The number of hydrogen-bond acceptors (Lipinski definition) is 2. The Balaban J connectivity index is 2.10. The Morgan fingerprint density at radius 2 is 1.91 bits per heavy atom. The fourth-order valence-corrected chi connectivity index (χ4v) is 2.15. The van der Waals surface area contributed by atoms with E-state index in [9.17, 15) is 13.6 Å². The third-order valence-electron chi connectivity index (χ3n) is 3.04. The van der Waals surface area contributed by atoms with Gasteiger partial charge in [-0.15, -0.1) is 0 Å². The number of carbonyl (C=O) groups excluding carboxylic acids is 1. The van der Waals surface area contributed by atoms with Gasteiger partial charge in [-0.05, 0) is 29.8 Å². The minimum Gasteiger partial charge on any atom is -0.336 e. The van der Waals surface area contributed by atoms with Gasteiger partial charge in [0, 0.05) is 10.6 Å². The lowest BCUT2D eigenvalue weighted by atomic mass is 10.1. The summed E-state index contributed by atoms with van der Waals surface area (Å²) in [6, 6.07) is 10.3. The highest BCUT2D eigenvalue weighted by molar-refractivity contribution is 6.31. The number of amides is 1. The van der Waals surface area contributed by atoms with Crippen molar-refractivity contribution in [3.05, 3.63) is 70.2 Å². The van der Waals surface area contributed by atoms with Gasteiger partial charge in [0.25, 0.3) is 0 Å². The molecule has 0 bridgehead atoms. The lowest BCUT2D eigenvalue weighted by Gasteiger charge is -2.13. The average Bonchev–Trinajstić information content (AvgIpc) is 2.50. The standard InChI is InChI=1S/C16H11ClF2N2O/c17-13-2-1-3-14(19)12(13)8-16(22)21-15(9-20)10-4-6-11(18)7-5-10/h1-7,15H,8H2,(H,21,22)/t15-/m1/s1. The summed E-state index contributed by atoms with van der Waals surface area (Å²) < 4.78 is 26.5. The summed E-state index contributed by atoms with van der Waals surface area (Å²) >= 11 is 5.85. The van der Waals surface area contributed by atoms with E-state index in [1.54, 1.807) is 0 Å². The zero-order chi connectivity index (χ0) is 16.1. The van der Waals surface area contributed by atoms with Gasteiger partial charge in [0.2, 0.25) is 5.91 Å². The second-order valence-electron chi connectivity index (χ2n) is 4.56. The molecule has 2 aromatic carbocycles. The van der Waals surface area contributed by atoms with E-state index in [0.717, 1.165) is 0 Å². The van der Waals surface area contributed by atoms with Crippen molar-refractivity contribution in [2.24, 2.45) is 0 Å². The molecule has 0 aliphatic carbocycles. The molecule has 0 unspecified atom stereocenters. The van der Waals surface area contributed by atoms with E-state index < -0.39 is 23.6 Å². The van der Waals surface area contributed by atoms with Crippen molar-refractivity contribution in [3.8, 4) is 6.07 Å². The molecule has 0 heterocycles. The van der Waals surface area contributed by atoms with Crippen LogP contribution in [-0.2, 0) is 11.2 Å². The maximum absolute atomic E-state index is 13.6. The summed E-state index contributed by atoms with van der Waals surface area (Å²) in [5.74, 6) is -1.58. The highest BCUT2D eigenvalue weighted by Crippen LogP contribution is 2.20. The summed E-state index contributed by atoms with van der Waals surface area (Å²) in [4.78, 5) is 12.0. The molecule has 0 aliphatic heterocycles. The van der Waals surface area contributed by atoms with Crippen LogP contribution in [-0.4, -0.2) is 5.91 Å². The largest absolute Gasteiger partial charge is 0.336 e. The molecular weight excluding hydrogens is 310 g/mol. The minimum absolute atomic E-state index is 0.0671. The first-order chi connectivity index (χ1) is 10.5. The number of nitrogens with one attached hydrogen (secondary N) is 1. The minimum atomic E-state index is -0.946. The Hall–Kier alpha value is -2.45. The second-order valence-corrected chi connectivity index (χ2v) is 4.97. The van der Waals surface area contributed by atoms with Crippen molar-refractivity contribution in [1.29, 1.82) is 5.26 Å². The van der Waals surface area contributed by atoms with Crippen molar-refractivity contribution in [1.82, 2.24) is 5.32 Å². The molecule has 112 valence electrons. The first-order valence-corrected chi connectivity index (χ1v) is 6.76. The molecule has 6 heteroatoms. The van der Waals surface area contributed by atoms with Gasteiger partial charge < -0.3 is 5.32 Å². The van der Waals surface area contributed by atoms with E-state index in [0.29, 0.717) is 5.56 Å². The van der Waals surface area contributed by atoms with Crippen LogP contribution in [0.3, 0.4) is 0 Å². The van der Waals surface area contributed by atoms with Crippen molar-refractivity contribution in [3.63, 3.8) is 0 Å². The van der Waals surface area contributed by atoms with E-state index >= 15 is 0 Å². The average molecular weight is 321 g/mol. The Morgan fingerprint density at radius 3 is 2.50 bits per heavy atom. The molecule has 0 aromatic heterocycles. The van der Waals surface area contributed by atoms with E-state index in [2.05, 4.69) is 5.32 Å². The van der Waals surface area contributed by atoms with Crippen LogP contribution < -0.4 is 5.32 Å². The van der Waals surface area contributed by atoms with Crippen molar-refractivity contribution >= 4 is 17.5 Å². The zero-order valence-corrected chi connectivity index (χ0v) is 12.1. The molecule has 1 atom stereocenters. The molecule has 0 spiro atoms. The lowest BCUT2D eigenvalue weighted by Crippen LogP contribution is -2.29. The molecule has 1 amide bonds. The van der Waals surface area contributed by atoms with Crippen LogP contribution in [0.2, 0.25) is 5.02 Å². The van der Waals surface area contributed by atoms with Crippen LogP contribution >= 0.6 is 11.6 Å². The fourth-order valence-electron chi connectivity index (χ4n) is 1.92. The monoisotopic (exact) mass is 320 g/mol. The van der Waals surface area contributed by atoms with Gasteiger partial charge in [0.15, 0.2) is 0 Å². The normalized spacial score (nSPS) is 11.5. The number of carbonyl (C=O) groups is 1. The van der Waals surface area contributed by atoms with Crippen LogP contribution in [0.4, 0.5) is 8.78 Å². The fraction of sp³-hybridized carbons (Fsp3) is 0.125. The van der Waals surface area contributed by atoms with E-state index in [-0.39, 0.29) is 17.0 Å². The second kappa shape index (κ2) is 7.01. The molecule has 0 fully saturated rings. The van der Waals surface area contributed by atoms with E-state index in [1.165, 1.54) is 42.5 Å². The number of rotatable bonds is 4. The Labute approximate surface area is 131 Å². The maximum Gasteiger partial charge on any atom is 0.225 e. The Morgan fingerprint density at radius 1 is 1.23 bits per heavy atom. The van der Waals surface area contributed by atoms with E-state index in [1.807, 2.05) is 6.07 Å². The molecule has 1 N–H and O–H groups in total. The molecule has 0 saturated carbocycles. The smallest absolute Gasteiger partial charge is 0.225 e. The van der Waals surface area contributed by atoms with Crippen LogP contribution in [0.15, 0.2) is 42.5 Å². The first kappa shape index (κ1) is 15.9. The van der Waals surface area contributed by atoms with Gasteiger partial charge >= 0.3 is 0 Å². The lowest BCUT2D eigenvalue weighted by molar-refractivity contribution is -0.120. The van der Waals surface area contributed by atoms with Crippen LogP contribution in [0, 0.1) is 23.0 Å². The molecule has 0 saturated heterocycles. The van der Waals surface area contributed by atoms with Gasteiger partial charge in [-0.25, -0.2) is 8.78 Å². The predicted octanol–water partition coefficient (Wildman–Crippen LogP) is 3.54. The van der Waals surface area contributed by atoms with Gasteiger partial charge in [-0.1, -0.05) is 29.8 Å². The first-order valence-electron chi connectivity index (χ1n) is 6.38.